The Hall–Kier alpha value is -2.21. The van der Waals surface area contributed by atoms with Gasteiger partial charge in [0.05, 0.1) is 0 Å². The first-order chi connectivity index (χ1) is 11.0. The zero-order valence-corrected chi connectivity index (χ0v) is 14.6. The second kappa shape index (κ2) is 6.12. The molecule has 0 fully saturated rings. The van der Waals surface area contributed by atoms with Gasteiger partial charge in [0.1, 0.15) is 10.7 Å². The number of benzene rings is 1. The van der Waals surface area contributed by atoms with Crippen LogP contribution in [0.25, 0.3) is 4.96 Å². The monoisotopic (exact) mass is 328 g/mol. The fourth-order valence-electron chi connectivity index (χ4n) is 2.60. The first kappa shape index (κ1) is 15.7. The van der Waals surface area contributed by atoms with E-state index in [2.05, 4.69) is 24.0 Å². The number of thiazole rings is 1. The van der Waals surface area contributed by atoms with E-state index in [4.69, 9.17) is 0 Å². The van der Waals surface area contributed by atoms with Crippen molar-refractivity contribution >= 4 is 22.2 Å². The van der Waals surface area contributed by atoms with Crippen LogP contribution >= 0.6 is 11.3 Å². The number of carbonyl (C=O) groups excluding carboxylic acids is 1. The van der Waals surface area contributed by atoms with E-state index in [9.17, 15) is 4.79 Å². The number of hydrogen-bond donors (Lipinski definition) is 0. The Morgan fingerprint density at radius 3 is 2.61 bits per heavy atom. The Bertz CT molecular complexity index is 835. The summed E-state index contributed by atoms with van der Waals surface area (Å²) in [5.41, 5.74) is 2.04. The van der Waals surface area contributed by atoms with E-state index >= 15 is 0 Å². The average Bonchev–Trinajstić information content (AvgIpc) is 3.08. The van der Waals surface area contributed by atoms with E-state index in [0.717, 1.165) is 26.9 Å². The molecule has 2 aromatic heterocycles. The van der Waals surface area contributed by atoms with Crippen molar-refractivity contribution in [2.45, 2.75) is 33.2 Å². The third-order valence-electron chi connectivity index (χ3n) is 3.84. The summed E-state index contributed by atoms with van der Waals surface area (Å²) in [5, 5.41) is 8.44. The molecule has 1 amide bonds. The number of amides is 1. The molecule has 5 nitrogen and oxygen atoms in total. The molecule has 3 rings (SSSR count). The zero-order chi connectivity index (χ0) is 16.6. The minimum absolute atomic E-state index is 0.0246. The minimum atomic E-state index is 0.0246. The molecule has 0 unspecified atom stereocenters. The van der Waals surface area contributed by atoms with Gasteiger partial charge in [0.25, 0.3) is 5.91 Å². The van der Waals surface area contributed by atoms with Crippen molar-refractivity contribution in [1.29, 1.82) is 0 Å². The second-order valence-electron chi connectivity index (χ2n) is 5.99. The molecule has 120 valence electrons. The Morgan fingerprint density at radius 2 is 1.96 bits per heavy atom. The molecule has 0 radical (unpaired) electrons. The van der Waals surface area contributed by atoms with Crippen molar-refractivity contribution in [3.63, 3.8) is 0 Å². The summed E-state index contributed by atoms with van der Waals surface area (Å²) in [6.07, 6.45) is 0. The first-order valence-corrected chi connectivity index (χ1v) is 8.44. The van der Waals surface area contributed by atoms with Gasteiger partial charge in [-0.05, 0) is 12.5 Å². The maximum atomic E-state index is 12.8. The van der Waals surface area contributed by atoms with Crippen molar-refractivity contribution in [2.24, 2.45) is 0 Å². The van der Waals surface area contributed by atoms with Crippen LogP contribution in [0.3, 0.4) is 0 Å². The van der Waals surface area contributed by atoms with Crippen LogP contribution in [0.5, 0.6) is 0 Å². The molecule has 23 heavy (non-hydrogen) atoms. The number of hydrogen-bond acceptors (Lipinski definition) is 4. The van der Waals surface area contributed by atoms with Crippen LogP contribution in [0.2, 0.25) is 0 Å². The predicted molar refractivity (Wildman–Crippen MR) is 91.9 cm³/mol. The minimum Gasteiger partial charge on any atom is -0.337 e. The van der Waals surface area contributed by atoms with E-state index in [1.165, 1.54) is 11.3 Å². The highest BCUT2D eigenvalue weighted by Gasteiger charge is 2.23. The fraction of sp³-hybridized carbons (Fsp3) is 0.353. The molecule has 6 heteroatoms. The third-order valence-corrected chi connectivity index (χ3v) is 4.96. The highest BCUT2D eigenvalue weighted by atomic mass is 32.1. The van der Waals surface area contributed by atoms with Crippen LogP contribution in [0, 0.1) is 6.92 Å². The normalized spacial score (nSPS) is 11.3. The van der Waals surface area contributed by atoms with E-state index < -0.39 is 0 Å². The number of nitrogens with zero attached hydrogens (tertiary/aromatic N) is 4. The molecular formula is C17H20N4OS. The Labute approximate surface area is 139 Å². The molecule has 0 N–H and O–H groups in total. The summed E-state index contributed by atoms with van der Waals surface area (Å²) >= 11 is 1.41. The van der Waals surface area contributed by atoms with Gasteiger partial charge in [0, 0.05) is 25.2 Å². The van der Waals surface area contributed by atoms with Gasteiger partial charge in [0.2, 0.25) is 4.96 Å². The van der Waals surface area contributed by atoms with Crippen molar-refractivity contribution in [3.8, 4) is 0 Å². The molecule has 0 saturated carbocycles. The maximum absolute atomic E-state index is 12.8. The number of aryl methyl sites for hydroxylation is 1. The molecule has 0 aliphatic carbocycles. The average molecular weight is 328 g/mol. The number of rotatable bonds is 4. The molecular weight excluding hydrogens is 308 g/mol. The van der Waals surface area contributed by atoms with Crippen LogP contribution in [-0.2, 0) is 6.54 Å². The summed E-state index contributed by atoms with van der Waals surface area (Å²) in [4.78, 5) is 16.1. The molecule has 0 aliphatic rings. The first-order valence-electron chi connectivity index (χ1n) is 7.63. The van der Waals surface area contributed by atoms with Crippen molar-refractivity contribution in [2.75, 3.05) is 7.05 Å². The van der Waals surface area contributed by atoms with E-state index in [1.807, 2.05) is 48.7 Å². The number of aromatic nitrogens is 3. The van der Waals surface area contributed by atoms with Crippen LogP contribution in [0.4, 0.5) is 0 Å². The van der Waals surface area contributed by atoms with Gasteiger partial charge >= 0.3 is 0 Å². The zero-order valence-electron chi connectivity index (χ0n) is 13.8. The molecule has 0 aliphatic heterocycles. The Kier molecular flexibility index (Phi) is 4.17. The molecule has 3 aromatic rings. The largest absolute Gasteiger partial charge is 0.337 e. The van der Waals surface area contributed by atoms with Gasteiger partial charge in [0.15, 0.2) is 0 Å². The molecule has 1 aromatic carbocycles. The molecule has 0 bridgehead atoms. The van der Waals surface area contributed by atoms with E-state index in [0.29, 0.717) is 6.54 Å². The molecule has 2 heterocycles. The maximum Gasteiger partial charge on any atom is 0.265 e. The second-order valence-corrected chi connectivity index (χ2v) is 6.97. The lowest BCUT2D eigenvalue weighted by Crippen LogP contribution is -2.26. The van der Waals surface area contributed by atoms with Crippen LogP contribution in [0.15, 0.2) is 30.3 Å². The summed E-state index contributed by atoms with van der Waals surface area (Å²) < 4.78 is 2.00. The van der Waals surface area contributed by atoms with Crippen LogP contribution < -0.4 is 0 Å². The summed E-state index contributed by atoms with van der Waals surface area (Å²) in [6, 6.07) is 10.00. The van der Waals surface area contributed by atoms with Gasteiger partial charge < -0.3 is 4.90 Å². The van der Waals surface area contributed by atoms with E-state index in [-0.39, 0.29) is 11.8 Å². The van der Waals surface area contributed by atoms with Crippen LogP contribution in [-0.4, -0.2) is 32.5 Å². The highest BCUT2D eigenvalue weighted by Crippen LogP contribution is 2.26. The van der Waals surface area contributed by atoms with E-state index in [1.54, 1.807) is 4.90 Å². The highest BCUT2D eigenvalue weighted by molar-refractivity contribution is 7.19. The van der Waals surface area contributed by atoms with Gasteiger partial charge in [-0.15, -0.1) is 10.2 Å². The van der Waals surface area contributed by atoms with Crippen molar-refractivity contribution < 1.29 is 4.79 Å². The summed E-state index contributed by atoms with van der Waals surface area (Å²) in [7, 11) is 1.83. The predicted octanol–water partition coefficient (Wildman–Crippen LogP) is 3.49. The fourth-order valence-corrected chi connectivity index (χ4v) is 3.67. The smallest absolute Gasteiger partial charge is 0.265 e. The van der Waals surface area contributed by atoms with Gasteiger partial charge in [-0.25, -0.2) is 0 Å². The quantitative estimate of drug-likeness (QED) is 0.736. The molecule has 0 saturated heterocycles. The van der Waals surface area contributed by atoms with Gasteiger partial charge in [-0.2, -0.15) is 0 Å². The third kappa shape index (κ3) is 2.86. The van der Waals surface area contributed by atoms with Gasteiger partial charge in [-0.3, -0.25) is 9.20 Å². The lowest BCUT2D eigenvalue weighted by atomic mass is 10.2. The van der Waals surface area contributed by atoms with Gasteiger partial charge in [-0.1, -0.05) is 55.5 Å². The Morgan fingerprint density at radius 1 is 1.26 bits per heavy atom. The summed E-state index contributed by atoms with van der Waals surface area (Å²) in [5.74, 6) is 1.19. The Balaban J connectivity index is 1.90. The lowest BCUT2D eigenvalue weighted by Gasteiger charge is -2.16. The standard InChI is InChI=1S/C17H20N4OS/c1-11(2)15-18-19-17-21(15)12(3)14(23-17)16(22)20(4)10-13-8-6-5-7-9-13/h5-9,11H,10H2,1-4H3. The topological polar surface area (TPSA) is 50.5 Å². The summed E-state index contributed by atoms with van der Waals surface area (Å²) in [6.45, 7) is 6.71. The lowest BCUT2D eigenvalue weighted by molar-refractivity contribution is 0.0789. The van der Waals surface area contributed by atoms with Crippen molar-refractivity contribution in [1.82, 2.24) is 19.5 Å². The molecule has 0 atom stereocenters. The van der Waals surface area contributed by atoms with Crippen molar-refractivity contribution in [3.05, 3.63) is 52.3 Å². The SMILES string of the molecule is Cc1c(C(=O)N(C)Cc2ccccc2)sc2nnc(C(C)C)n12. The number of fused-ring (bicyclic) bond motifs is 1. The number of carbonyl (C=O) groups is 1. The molecule has 0 spiro atoms. The van der Waals surface area contributed by atoms with Crippen LogP contribution in [0.1, 0.15) is 46.5 Å².